The van der Waals surface area contributed by atoms with Gasteiger partial charge in [-0.25, -0.2) is 0 Å². The number of hydrogen-bond donors (Lipinski definition) is 1. The van der Waals surface area contributed by atoms with Crippen molar-refractivity contribution in [3.8, 4) is 17.2 Å². The van der Waals surface area contributed by atoms with Gasteiger partial charge in [0.1, 0.15) is 0 Å². The molecule has 2 aromatic carbocycles. The van der Waals surface area contributed by atoms with E-state index in [9.17, 15) is 0 Å². The summed E-state index contributed by atoms with van der Waals surface area (Å²) in [6.45, 7) is 4.74. The molecule has 2 rings (SSSR count). The second-order valence-electron chi connectivity index (χ2n) is 6.03. The summed E-state index contributed by atoms with van der Waals surface area (Å²) in [5.74, 6) is 1.82. The Morgan fingerprint density at radius 1 is 1.04 bits per heavy atom. The van der Waals surface area contributed by atoms with Crippen molar-refractivity contribution in [2.24, 2.45) is 0 Å². The molecule has 0 saturated carbocycles. The molecule has 0 atom stereocenters. The number of aryl methyl sites for hydroxylation is 1. The fourth-order valence-electron chi connectivity index (χ4n) is 2.60. The first kappa shape index (κ1) is 21.3. The Kier molecular flexibility index (Phi) is 7.68. The van der Waals surface area contributed by atoms with Crippen LogP contribution >= 0.6 is 28.1 Å². The lowest BCUT2D eigenvalue weighted by molar-refractivity contribution is 0.323. The number of ether oxygens (including phenoxy) is 3. The van der Waals surface area contributed by atoms with Gasteiger partial charge in [-0.2, -0.15) is 0 Å². The van der Waals surface area contributed by atoms with Crippen molar-refractivity contribution in [3.63, 3.8) is 0 Å². The summed E-state index contributed by atoms with van der Waals surface area (Å²) in [4.78, 5) is 0.651. The molecule has 0 fully saturated rings. The van der Waals surface area contributed by atoms with Crippen LogP contribution < -0.4 is 19.5 Å². The molecule has 0 aliphatic carbocycles. The van der Waals surface area contributed by atoms with E-state index in [0.29, 0.717) is 28.8 Å². The number of hydrogen-bond acceptors (Lipinski definition) is 4. The summed E-state index contributed by atoms with van der Waals surface area (Å²) in [5.41, 5.74) is 4.56. The molecule has 0 bridgehead atoms. The predicted octanol–water partition coefficient (Wildman–Crippen LogP) is 5.22. The van der Waals surface area contributed by atoms with Crippen LogP contribution in [-0.2, 0) is 6.54 Å². The van der Waals surface area contributed by atoms with Crippen molar-refractivity contribution < 1.29 is 14.2 Å². The minimum absolute atomic E-state index is 0.552. The third kappa shape index (κ3) is 5.47. The molecule has 0 aliphatic rings. The largest absolute Gasteiger partial charge is 0.493 e. The van der Waals surface area contributed by atoms with E-state index in [4.69, 9.17) is 26.4 Å². The van der Waals surface area contributed by atoms with Crippen molar-refractivity contribution in [2.75, 3.05) is 21.3 Å². The molecule has 6 heteroatoms. The average molecular weight is 450 g/mol. The van der Waals surface area contributed by atoms with Crippen LogP contribution in [0.5, 0.6) is 17.2 Å². The van der Waals surface area contributed by atoms with E-state index >= 15 is 0 Å². The van der Waals surface area contributed by atoms with E-state index < -0.39 is 0 Å². The highest BCUT2D eigenvalue weighted by Gasteiger charge is 2.13. The van der Waals surface area contributed by atoms with E-state index in [1.165, 1.54) is 11.1 Å². The van der Waals surface area contributed by atoms with Gasteiger partial charge < -0.3 is 19.5 Å². The number of nitrogens with one attached hydrogen (secondary N) is 1. The van der Waals surface area contributed by atoms with Gasteiger partial charge in [0.25, 0.3) is 0 Å². The summed E-state index contributed by atoms with van der Waals surface area (Å²) >= 11 is 9.01. The summed E-state index contributed by atoms with van der Waals surface area (Å²) in [6.07, 6.45) is 3.89. The fraction of sp³-hybridized carbons (Fsp3) is 0.286. The van der Waals surface area contributed by atoms with Crippen LogP contribution in [-0.4, -0.2) is 26.3 Å². The second kappa shape index (κ2) is 9.76. The summed E-state index contributed by atoms with van der Waals surface area (Å²) in [5, 5.41) is 3.23. The minimum atomic E-state index is 0.552. The standard InChI is InChI=1S/C21H24BrNO3S/c1-13-8-15(9-17(22)14(13)2)6-7-20(27)23-12-16-10-18(24-3)21(26-5)19(11-16)25-4/h6-11H,12H2,1-5H3,(H,23,27)/b7-6+. The SMILES string of the molecule is COc1cc(CNC(=S)/C=C/c2cc(C)c(C)c(Br)c2)cc(OC)c1OC. The lowest BCUT2D eigenvalue weighted by atomic mass is 10.1. The van der Waals surface area contributed by atoms with Crippen molar-refractivity contribution >= 4 is 39.2 Å². The molecule has 2 aromatic rings. The molecule has 0 spiro atoms. The Labute approximate surface area is 174 Å². The van der Waals surface area contributed by atoms with Crippen LogP contribution in [0.1, 0.15) is 22.3 Å². The number of rotatable bonds is 7. The maximum Gasteiger partial charge on any atom is 0.203 e. The van der Waals surface area contributed by atoms with Gasteiger partial charge in [-0.3, -0.25) is 0 Å². The molecule has 1 N–H and O–H groups in total. The third-order valence-electron chi connectivity index (χ3n) is 4.24. The number of benzene rings is 2. The molecular weight excluding hydrogens is 426 g/mol. The van der Waals surface area contributed by atoms with Gasteiger partial charge in [-0.15, -0.1) is 0 Å². The zero-order valence-electron chi connectivity index (χ0n) is 16.2. The van der Waals surface area contributed by atoms with E-state index in [1.807, 2.05) is 24.3 Å². The predicted molar refractivity (Wildman–Crippen MR) is 118 cm³/mol. The average Bonchev–Trinajstić information content (AvgIpc) is 2.67. The Hall–Kier alpha value is -2.05. The van der Waals surface area contributed by atoms with Gasteiger partial charge in [0.2, 0.25) is 5.75 Å². The smallest absolute Gasteiger partial charge is 0.203 e. The lowest BCUT2D eigenvalue weighted by Crippen LogP contribution is -2.18. The summed E-state index contributed by atoms with van der Waals surface area (Å²) < 4.78 is 17.2. The molecule has 0 amide bonds. The van der Waals surface area contributed by atoms with Crippen LogP contribution in [0, 0.1) is 13.8 Å². The van der Waals surface area contributed by atoms with Gasteiger partial charge >= 0.3 is 0 Å². The fourth-order valence-corrected chi connectivity index (χ4v) is 3.31. The van der Waals surface area contributed by atoms with Gasteiger partial charge in [0.05, 0.1) is 26.3 Å². The first-order valence-electron chi connectivity index (χ1n) is 8.41. The van der Waals surface area contributed by atoms with Crippen molar-refractivity contribution in [3.05, 3.63) is 57.1 Å². The van der Waals surface area contributed by atoms with E-state index in [2.05, 4.69) is 47.2 Å². The van der Waals surface area contributed by atoms with Gasteiger partial charge in [0.15, 0.2) is 11.5 Å². The maximum absolute atomic E-state index is 5.42. The highest BCUT2D eigenvalue weighted by Crippen LogP contribution is 2.38. The molecular formula is C21H24BrNO3S. The van der Waals surface area contributed by atoms with Crippen molar-refractivity contribution in [2.45, 2.75) is 20.4 Å². The zero-order chi connectivity index (χ0) is 20.0. The molecule has 4 nitrogen and oxygen atoms in total. The van der Waals surface area contributed by atoms with Gasteiger partial charge in [-0.1, -0.05) is 40.3 Å². The van der Waals surface area contributed by atoms with Crippen molar-refractivity contribution in [1.82, 2.24) is 5.32 Å². The Balaban J connectivity index is 2.07. The normalized spacial score (nSPS) is 10.7. The Bertz CT molecular complexity index is 816. The van der Waals surface area contributed by atoms with E-state index in [1.54, 1.807) is 21.3 Å². The molecule has 0 heterocycles. The van der Waals surface area contributed by atoms with Crippen LogP contribution in [0.3, 0.4) is 0 Å². The summed E-state index contributed by atoms with van der Waals surface area (Å²) in [6, 6.07) is 8.03. The third-order valence-corrected chi connectivity index (χ3v) is 5.35. The van der Waals surface area contributed by atoms with E-state index in [0.717, 1.165) is 15.6 Å². The maximum atomic E-state index is 5.42. The number of thiocarbonyl (C=S) groups is 1. The number of methoxy groups -OCH3 is 3. The summed E-state index contributed by atoms with van der Waals surface area (Å²) in [7, 11) is 4.79. The topological polar surface area (TPSA) is 39.7 Å². The molecule has 0 saturated heterocycles. The molecule has 0 unspecified atom stereocenters. The first-order chi connectivity index (χ1) is 12.9. The van der Waals surface area contributed by atoms with Crippen LogP contribution in [0.2, 0.25) is 0 Å². The van der Waals surface area contributed by atoms with Crippen LogP contribution in [0.4, 0.5) is 0 Å². The Morgan fingerprint density at radius 2 is 1.67 bits per heavy atom. The zero-order valence-corrected chi connectivity index (χ0v) is 18.6. The van der Waals surface area contributed by atoms with Gasteiger partial charge in [-0.05, 0) is 60.4 Å². The molecule has 0 aromatic heterocycles. The Morgan fingerprint density at radius 3 is 2.19 bits per heavy atom. The monoisotopic (exact) mass is 449 g/mol. The van der Waals surface area contributed by atoms with E-state index in [-0.39, 0.29) is 0 Å². The first-order valence-corrected chi connectivity index (χ1v) is 9.61. The second-order valence-corrected chi connectivity index (χ2v) is 7.32. The molecule has 144 valence electrons. The molecule has 27 heavy (non-hydrogen) atoms. The lowest BCUT2D eigenvalue weighted by Gasteiger charge is -2.14. The highest BCUT2D eigenvalue weighted by atomic mass is 79.9. The van der Waals surface area contributed by atoms with Crippen molar-refractivity contribution in [1.29, 1.82) is 0 Å². The van der Waals surface area contributed by atoms with Crippen LogP contribution in [0.15, 0.2) is 34.8 Å². The minimum Gasteiger partial charge on any atom is -0.493 e. The molecule has 0 aliphatic heterocycles. The molecule has 0 radical (unpaired) electrons. The highest BCUT2D eigenvalue weighted by molar-refractivity contribution is 9.10. The van der Waals surface area contributed by atoms with Crippen LogP contribution in [0.25, 0.3) is 6.08 Å². The number of halogens is 1. The quantitative estimate of drug-likeness (QED) is 0.463. The van der Waals surface area contributed by atoms with Gasteiger partial charge in [0, 0.05) is 11.0 Å².